The quantitative estimate of drug-likeness (QED) is 0.163. The summed E-state index contributed by atoms with van der Waals surface area (Å²) in [6, 6.07) is 55.3. The van der Waals surface area contributed by atoms with E-state index in [2.05, 4.69) is 17.0 Å². The van der Waals surface area contributed by atoms with Gasteiger partial charge in [0.2, 0.25) is 0 Å². The number of para-hydroxylation sites is 2. The highest BCUT2D eigenvalue weighted by Crippen LogP contribution is 2.46. The number of hydrogen-bond donors (Lipinski definition) is 0. The molecule has 0 fully saturated rings. The fraction of sp³-hybridized carbons (Fsp3) is 0.0192. The number of alkyl halides is 3. The van der Waals surface area contributed by atoms with Crippen LogP contribution in [0.15, 0.2) is 170 Å². The summed E-state index contributed by atoms with van der Waals surface area (Å²) < 4.78 is 51.6. The molecule has 0 spiro atoms. The van der Waals surface area contributed by atoms with Crippen LogP contribution >= 0.6 is 0 Å². The summed E-state index contributed by atoms with van der Waals surface area (Å²) in [4.78, 5) is 3.61. The van der Waals surface area contributed by atoms with E-state index in [1.807, 2.05) is 114 Å². The number of aromatic nitrogens is 2. The van der Waals surface area contributed by atoms with Crippen LogP contribution in [-0.4, -0.2) is 9.13 Å². The summed E-state index contributed by atoms with van der Waals surface area (Å²) >= 11 is 0. The van der Waals surface area contributed by atoms with Crippen molar-refractivity contribution in [3.05, 3.63) is 198 Å². The molecule has 0 bridgehead atoms. The van der Waals surface area contributed by atoms with Crippen molar-refractivity contribution in [3.8, 4) is 56.9 Å². The first-order chi connectivity index (χ1) is 29.2. The second-order valence-electron chi connectivity index (χ2n) is 14.6. The van der Waals surface area contributed by atoms with Gasteiger partial charge in [-0.1, -0.05) is 103 Å². The second-order valence-corrected chi connectivity index (χ2v) is 14.6. The molecule has 0 aliphatic carbocycles. The number of benzene rings is 8. The van der Waals surface area contributed by atoms with E-state index in [4.69, 9.17) is 6.57 Å². The van der Waals surface area contributed by atoms with Crippen LogP contribution in [0, 0.1) is 29.2 Å². The van der Waals surface area contributed by atoms with E-state index in [1.54, 1.807) is 59.2 Å². The molecule has 0 saturated carbocycles. The van der Waals surface area contributed by atoms with Crippen molar-refractivity contribution in [2.45, 2.75) is 6.18 Å². The van der Waals surface area contributed by atoms with Crippen molar-refractivity contribution in [1.29, 1.82) is 10.5 Å². The summed E-state index contributed by atoms with van der Waals surface area (Å²) in [6.45, 7) is 7.58. The number of nitrogens with zero attached hydrogens (tertiary/aromatic N) is 5. The normalized spacial score (nSPS) is 11.5. The zero-order valence-electron chi connectivity index (χ0n) is 31.5. The van der Waals surface area contributed by atoms with E-state index in [-0.39, 0.29) is 11.4 Å². The number of halogens is 3. The third-order valence-corrected chi connectivity index (χ3v) is 11.2. The Hall–Kier alpha value is -8.38. The predicted molar refractivity (Wildman–Crippen MR) is 232 cm³/mol. The molecule has 0 N–H and O–H groups in total. The summed E-state index contributed by atoms with van der Waals surface area (Å²) in [5, 5.41) is 22.9. The van der Waals surface area contributed by atoms with Crippen molar-refractivity contribution in [3.63, 3.8) is 0 Å². The van der Waals surface area contributed by atoms with Gasteiger partial charge in [0.25, 0.3) is 0 Å². The molecule has 8 aromatic carbocycles. The maximum absolute atomic E-state index is 16.0. The van der Waals surface area contributed by atoms with Gasteiger partial charge in [-0.05, 0) is 94.5 Å². The highest BCUT2D eigenvalue weighted by molar-refractivity contribution is 6.12. The minimum Gasteiger partial charge on any atom is -0.309 e. The van der Waals surface area contributed by atoms with Crippen molar-refractivity contribution in [2.24, 2.45) is 0 Å². The maximum Gasteiger partial charge on any atom is 0.418 e. The largest absolute Gasteiger partial charge is 0.418 e. The lowest BCUT2D eigenvalue weighted by molar-refractivity contribution is -0.137. The minimum atomic E-state index is -4.81. The fourth-order valence-corrected chi connectivity index (χ4v) is 8.50. The zero-order chi connectivity index (χ0) is 41.1. The number of fused-ring (bicyclic) bond motifs is 6. The van der Waals surface area contributed by atoms with Crippen molar-refractivity contribution < 1.29 is 13.2 Å². The van der Waals surface area contributed by atoms with Gasteiger partial charge in [0.05, 0.1) is 68.8 Å². The first-order valence-corrected chi connectivity index (χ1v) is 19.1. The van der Waals surface area contributed by atoms with Crippen molar-refractivity contribution >= 4 is 49.3 Å². The molecule has 2 aromatic heterocycles. The van der Waals surface area contributed by atoms with Crippen LogP contribution in [0.5, 0.6) is 0 Å². The van der Waals surface area contributed by atoms with Gasteiger partial charge < -0.3 is 9.13 Å². The Bertz CT molecular complexity index is 3530. The topological polar surface area (TPSA) is 61.8 Å². The highest BCUT2D eigenvalue weighted by Gasteiger charge is 2.37. The number of nitriles is 2. The third-order valence-electron chi connectivity index (χ3n) is 11.2. The van der Waals surface area contributed by atoms with Crippen LogP contribution in [0.3, 0.4) is 0 Å². The summed E-state index contributed by atoms with van der Waals surface area (Å²) in [6.07, 6.45) is -4.81. The number of hydrogen-bond acceptors (Lipinski definition) is 2. The molecule has 10 rings (SSSR count). The molecule has 5 nitrogen and oxygen atoms in total. The Balaban J connectivity index is 1.33. The van der Waals surface area contributed by atoms with Crippen molar-refractivity contribution in [1.82, 2.24) is 9.13 Å². The molecule has 0 atom stereocenters. The molecule has 0 amide bonds. The first-order valence-electron chi connectivity index (χ1n) is 19.1. The van der Waals surface area contributed by atoms with Crippen LogP contribution in [0.1, 0.15) is 16.7 Å². The lowest BCUT2D eigenvalue weighted by atomic mass is 9.97. The maximum atomic E-state index is 16.0. The van der Waals surface area contributed by atoms with Gasteiger partial charge in [0, 0.05) is 27.1 Å². The molecule has 60 heavy (non-hydrogen) atoms. The average molecular weight is 780 g/mol. The van der Waals surface area contributed by atoms with E-state index in [1.165, 1.54) is 6.07 Å². The molecule has 0 unspecified atom stereocenters. The van der Waals surface area contributed by atoms with Crippen LogP contribution in [0.2, 0.25) is 0 Å². The number of rotatable bonds is 5. The Labute approximate surface area is 342 Å². The van der Waals surface area contributed by atoms with Crippen LogP contribution in [0.4, 0.5) is 18.9 Å². The molecular weight excluding hydrogens is 752 g/mol. The van der Waals surface area contributed by atoms with E-state index in [9.17, 15) is 10.5 Å². The Morgan fingerprint density at radius 3 is 1.50 bits per heavy atom. The molecule has 0 aliphatic rings. The Morgan fingerprint density at radius 2 is 0.933 bits per heavy atom. The van der Waals surface area contributed by atoms with E-state index in [0.717, 1.165) is 43.8 Å². The van der Waals surface area contributed by atoms with Crippen LogP contribution in [-0.2, 0) is 6.18 Å². The van der Waals surface area contributed by atoms with Crippen LogP contribution in [0.25, 0.3) is 93.2 Å². The molecule has 10 aromatic rings. The van der Waals surface area contributed by atoms with Gasteiger partial charge in [0.15, 0.2) is 5.69 Å². The lowest BCUT2D eigenvalue weighted by Crippen LogP contribution is -2.13. The molecule has 8 heteroatoms. The standard InChI is InChI=1S/C52H28F3N5/c1-58-39-14-8-12-35(25-39)37-20-22-42-40-15-2-4-17-46(40)59(48(42)27-37)50-29-45(52(53,54)55)51(28-44(50)38-13-7-10-33(24-38)31-57)60-47-18-5-3-16-41(47)43-21-19-36(26-49(43)60)34-11-6-9-32(23-34)30-56/h2-29H. The van der Waals surface area contributed by atoms with Gasteiger partial charge >= 0.3 is 6.18 Å². The van der Waals surface area contributed by atoms with Gasteiger partial charge in [0.1, 0.15) is 0 Å². The minimum absolute atomic E-state index is 0.0739. The third kappa shape index (κ3) is 5.85. The van der Waals surface area contributed by atoms with Gasteiger partial charge in [-0.15, -0.1) is 0 Å². The van der Waals surface area contributed by atoms with Gasteiger partial charge in [-0.2, -0.15) is 23.7 Å². The van der Waals surface area contributed by atoms with Gasteiger partial charge in [-0.3, -0.25) is 0 Å². The molecule has 0 aliphatic heterocycles. The summed E-state index contributed by atoms with van der Waals surface area (Å²) in [5.41, 5.74) is 7.41. The smallest absolute Gasteiger partial charge is 0.309 e. The second kappa shape index (κ2) is 13.9. The average Bonchev–Trinajstić information content (AvgIpc) is 3.80. The zero-order valence-corrected chi connectivity index (χ0v) is 31.5. The van der Waals surface area contributed by atoms with Gasteiger partial charge in [-0.25, -0.2) is 4.85 Å². The molecular formula is C52H28F3N5. The molecule has 0 radical (unpaired) electrons. The monoisotopic (exact) mass is 779 g/mol. The highest BCUT2D eigenvalue weighted by atomic mass is 19.4. The van der Waals surface area contributed by atoms with E-state index in [0.29, 0.717) is 50.0 Å². The first kappa shape index (κ1) is 36.0. The van der Waals surface area contributed by atoms with E-state index < -0.39 is 11.7 Å². The fourth-order valence-electron chi connectivity index (χ4n) is 8.50. The predicted octanol–water partition coefficient (Wildman–Crippen LogP) is 14.2. The molecule has 0 saturated heterocycles. The summed E-state index contributed by atoms with van der Waals surface area (Å²) in [5.74, 6) is 0. The molecule has 2 heterocycles. The lowest BCUT2D eigenvalue weighted by Gasteiger charge is -2.22. The van der Waals surface area contributed by atoms with Crippen molar-refractivity contribution in [2.75, 3.05) is 0 Å². The van der Waals surface area contributed by atoms with Crippen LogP contribution < -0.4 is 0 Å². The SMILES string of the molecule is [C-]#[N+]c1cccc(-c2ccc3c4ccccc4n(-c4cc(C(F)(F)F)c(-n5c6ccccc6c6ccc(-c7cccc(C#N)c7)cc65)cc4-c4cccc(C#N)c4)c3c2)c1. The summed E-state index contributed by atoms with van der Waals surface area (Å²) in [7, 11) is 0. The Morgan fingerprint density at radius 1 is 0.450 bits per heavy atom. The van der Waals surface area contributed by atoms with E-state index >= 15 is 13.2 Å². The molecule has 282 valence electrons. The Kier molecular flexibility index (Phi) is 8.35.